The van der Waals surface area contributed by atoms with Gasteiger partial charge < -0.3 is 9.84 Å². The van der Waals surface area contributed by atoms with Gasteiger partial charge in [-0.3, -0.25) is 0 Å². The van der Waals surface area contributed by atoms with Crippen LogP contribution >= 0.6 is 0 Å². The van der Waals surface area contributed by atoms with Crippen LogP contribution < -0.4 is 0 Å². The van der Waals surface area contributed by atoms with Crippen molar-refractivity contribution in [2.75, 3.05) is 6.61 Å². The third kappa shape index (κ3) is 2.38. The Bertz CT molecular complexity index is 346. The Morgan fingerprint density at radius 2 is 2.38 bits per heavy atom. The second-order valence-corrected chi connectivity index (χ2v) is 4.53. The van der Waals surface area contributed by atoms with E-state index >= 15 is 0 Å². The number of tetrazole rings is 1. The fourth-order valence-electron chi connectivity index (χ4n) is 2.01. The lowest BCUT2D eigenvalue weighted by Crippen LogP contribution is -2.45. The second kappa shape index (κ2) is 4.47. The van der Waals surface area contributed by atoms with Crippen molar-refractivity contribution in [2.24, 2.45) is 7.05 Å². The number of aliphatic hydroxyl groups is 1. The van der Waals surface area contributed by atoms with Gasteiger partial charge in [0.2, 0.25) is 0 Å². The zero-order valence-electron chi connectivity index (χ0n) is 9.76. The van der Waals surface area contributed by atoms with Crippen LogP contribution in [0.15, 0.2) is 0 Å². The van der Waals surface area contributed by atoms with Gasteiger partial charge in [0.25, 0.3) is 0 Å². The fraction of sp³-hybridized carbons (Fsp3) is 0.900. The van der Waals surface area contributed by atoms with Crippen LogP contribution in [0.3, 0.4) is 0 Å². The quantitative estimate of drug-likeness (QED) is 0.789. The highest BCUT2D eigenvalue weighted by Gasteiger charge is 2.36. The number of aliphatic hydroxyl groups excluding tert-OH is 1. The molecule has 0 spiro atoms. The summed E-state index contributed by atoms with van der Waals surface area (Å²) in [4.78, 5) is 1.39. The van der Waals surface area contributed by atoms with Crippen molar-refractivity contribution in [3.63, 3.8) is 0 Å². The molecule has 2 atom stereocenters. The van der Waals surface area contributed by atoms with Crippen LogP contribution in [0.5, 0.6) is 0 Å². The van der Waals surface area contributed by atoms with Gasteiger partial charge in [-0.05, 0) is 31.4 Å². The molecular weight excluding hydrogens is 208 g/mol. The second-order valence-electron chi connectivity index (χ2n) is 4.53. The molecule has 16 heavy (non-hydrogen) atoms. The standard InChI is InChI=1S/C10H18N4O2/c1-10(5-3-4-6-16-10)8(15)7-9-11-13-14(2)12-9/h8,15H,3-7H2,1-2H3. The maximum absolute atomic E-state index is 10.2. The van der Waals surface area contributed by atoms with E-state index in [9.17, 15) is 5.11 Å². The van der Waals surface area contributed by atoms with Gasteiger partial charge >= 0.3 is 0 Å². The first-order valence-corrected chi connectivity index (χ1v) is 5.65. The number of rotatable bonds is 3. The molecule has 1 aliphatic heterocycles. The summed E-state index contributed by atoms with van der Waals surface area (Å²) in [5.74, 6) is 0.561. The Morgan fingerprint density at radius 3 is 2.94 bits per heavy atom. The summed E-state index contributed by atoms with van der Waals surface area (Å²) >= 11 is 0. The van der Waals surface area contributed by atoms with E-state index in [1.54, 1.807) is 7.05 Å². The summed E-state index contributed by atoms with van der Waals surface area (Å²) in [7, 11) is 1.71. The van der Waals surface area contributed by atoms with E-state index in [1.165, 1.54) is 4.80 Å². The lowest BCUT2D eigenvalue weighted by atomic mass is 9.88. The smallest absolute Gasteiger partial charge is 0.177 e. The molecule has 0 saturated carbocycles. The predicted octanol–water partition coefficient (Wildman–Crippen LogP) is 0.0727. The van der Waals surface area contributed by atoms with E-state index in [4.69, 9.17) is 4.74 Å². The minimum atomic E-state index is -0.572. The van der Waals surface area contributed by atoms with Crippen molar-refractivity contribution >= 4 is 0 Å². The van der Waals surface area contributed by atoms with Gasteiger partial charge in [0.15, 0.2) is 5.82 Å². The number of nitrogens with zero attached hydrogens (tertiary/aromatic N) is 4. The molecule has 1 aliphatic rings. The van der Waals surface area contributed by atoms with E-state index in [0.717, 1.165) is 25.9 Å². The van der Waals surface area contributed by atoms with Gasteiger partial charge in [-0.1, -0.05) is 0 Å². The molecule has 1 aromatic rings. The molecular formula is C10H18N4O2. The highest BCUT2D eigenvalue weighted by Crippen LogP contribution is 2.28. The molecule has 0 aliphatic carbocycles. The normalized spacial score (nSPS) is 27.9. The SMILES string of the molecule is Cn1nnc(CC(O)C2(C)CCCCO2)n1. The third-order valence-electron chi connectivity index (χ3n) is 3.13. The summed E-state index contributed by atoms with van der Waals surface area (Å²) in [6.45, 7) is 2.68. The van der Waals surface area contributed by atoms with Gasteiger partial charge in [-0.25, -0.2) is 0 Å². The van der Waals surface area contributed by atoms with Crippen molar-refractivity contribution in [3.05, 3.63) is 5.82 Å². The summed E-state index contributed by atoms with van der Waals surface area (Å²) in [5.41, 5.74) is -0.461. The van der Waals surface area contributed by atoms with Crippen LogP contribution in [-0.2, 0) is 18.2 Å². The third-order valence-corrected chi connectivity index (χ3v) is 3.13. The molecule has 1 saturated heterocycles. The molecule has 1 aromatic heterocycles. The van der Waals surface area contributed by atoms with Gasteiger partial charge in [-0.2, -0.15) is 4.80 Å². The highest BCUT2D eigenvalue weighted by molar-refractivity contribution is 4.92. The summed E-state index contributed by atoms with van der Waals surface area (Å²) < 4.78 is 5.67. The lowest BCUT2D eigenvalue weighted by Gasteiger charge is -2.37. The molecule has 0 bridgehead atoms. The summed E-state index contributed by atoms with van der Waals surface area (Å²) in [6, 6.07) is 0. The first-order chi connectivity index (χ1) is 7.60. The molecule has 6 nitrogen and oxygen atoms in total. The average molecular weight is 226 g/mol. The van der Waals surface area contributed by atoms with Crippen LogP contribution in [0.4, 0.5) is 0 Å². The highest BCUT2D eigenvalue weighted by atomic mass is 16.5. The maximum atomic E-state index is 10.2. The Balaban J connectivity index is 1.98. The van der Waals surface area contributed by atoms with Crippen LogP contribution in [0.25, 0.3) is 0 Å². The van der Waals surface area contributed by atoms with Gasteiger partial charge in [0.1, 0.15) is 0 Å². The van der Waals surface area contributed by atoms with Crippen LogP contribution in [-0.4, -0.2) is 43.6 Å². The first kappa shape index (κ1) is 11.5. The molecule has 1 fully saturated rings. The molecule has 0 aromatic carbocycles. The Labute approximate surface area is 94.6 Å². The number of ether oxygens (including phenoxy) is 1. The molecule has 0 radical (unpaired) electrons. The average Bonchev–Trinajstić information content (AvgIpc) is 2.65. The summed E-state index contributed by atoms with van der Waals surface area (Å²) in [6.07, 6.45) is 2.88. The van der Waals surface area contributed by atoms with E-state index in [-0.39, 0.29) is 0 Å². The van der Waals surface area contributed by atoms with E-state index < -0.39 is 11.7 Å². The molecule has 2 unspecified atom stereocenters. The van der Waals surface area contributed by atoms with Crippen molar-refractivity contribution in [1.82, 2.24) is 20.2 Å². The number of hydrogen-bond acceptors (Lipinski definition) is 5. The summed E-state index contributed by atoms with van der Waals surface area (Å²) in [5, 5.41) is 21.8. The Morgan fingerprint density at radius 1 is 1.56 bits per heavy atom. The van der Waals surface area contributed by atoms with Gasteiger partial charge in [0.05, 0.1) is 18.8 Å². The Hall–Kier alpha value is -1.01. The number of aryl methyl sites for hydroxylation is 1. The minimum absolute atomic E-state index is 0.393. The number of aromatic nitrogens is 4. The van der Waals surface area contributed by atoms with E-state index in [1.807, 2.05) is 6.92 Å². The zero-order valence-corrected chi connectivity index (χ0v) is 9.76. The molecule has 6 heteroatoms. The van der Waals surface area contributed by atoms with E-state index in [2.05, 4.69) is 15.4 Å². The van der Waals surface area contributed by atoms with Crippen LogP contribution in [0.2, 0.25) is 0 Å². The van der Waals surface area contributed by atoms with Gasteiger partial charge in [0, 0.05) is 13.0 Å². The molecule has 2 heterocycles. The topological polar surface area (TPSA) is 73.1 Å². The minimum Gasteiger partial charge on any atom is -0.390 e. The van der Waals surface area contributed by atoms with Crippen molar-refractivity contribution in [3.8, 4) is 0 Å². The molecule has 0 amide bonds. The van der Waals surface area contributed by atoms with Crippen molar-refractivity contribution in [1.29, 1.82) is 0 Å². The monoisotopic (exact) mass is 226 g/mol. The van der Waals surface area contributed by atoms with Crippen LogP contribution in [0, 0.1) is 0 Å². The van der Waals surface area contributed by atoms with Crippen molar-refractivity contribution in [2.45, 2.75) is 44.3 Å². The Kier molecular flexibility index (Phi) is 3.20. The molecule has 90 valence electrons. The van der Waals surface area contributed by atoms with E-state index in [0.29, 0.717) is 12.2 Å². The van der Waals surface area contributed by atoms with Gasteiger partial charge in [-0.15, -0.1) is 10.2 Å². The van der Waals surface area contributed by atoms with Crippen LogP contribution in [0.1, 0.15) is 32.0 Å². The maximum Gasteiger partial charge on any atom is 0.177 e. The lowest BCUT2D eigenvalue weighted by molar-refractivity contribution is -0.135. The predicted molar refractivity (Wildman–Crippen MR) is 56.7 cm³/mol. The number of hydrogen-bond donors (Lipinski definition) is 1. The largest absolute Gasteiger partial charge is 0.390 e. The first-order valence-electron chi connectivity index (χ1n) is 5.65. The molecule has 2 rings (SSSR count). The zero-order chi connectivity index (χ0) is 11.6. The fourth-order valence-corrected chi connectivity index (χ4v) is 2.01. The van der Waals surface area contributed by atoms with Crippen molar-refractivity contribution < 1.29 is 9.84 Å². The molecule has 1 N–H and O–H groups in total.